The molecular formula is C14H26N4O2. The van der Waals surface area contributed by atoms with Crippen molar-refractivity contribution in [3.63, 3.8) is 0 Å². The van der Waals surface area contributed by atoms with Gasteiger partial charge in [0.1, 0.15) is 5.60 Å². The number of amides is 1. The van der Waals surface area contributed by atoms with Crippen molar-refractivity contribution in [2.45, 2.75) is 52.8 Å². The van der Waals surface area contributed by atoms with Crippen molar-refractivity contribution in [1.82, 2.24) is 20.2 Å². The standard InChI is InChI=1S/C14H26N4O2/c1-11(2)18-10-16-9-12(18)8-15-6-7-17-13(19)20-14(3,4)5/h9-11,15H,6-8H2,1-5H3,(H,17,19). The van der Waals surface area contributed by atoms with E-state index in [0.29, 0.717) is 19.1 Å². The van der Waals surface area contributed by atoms with Gasteiger partial charge in [-0.2, -0.15) is 0 Å². The second kappa shape index (κ2) is 7.28. The number of nitrogens with zero attached hydrogens (tertiary/aromatic N) is 2. The van der Waals surface area contributed by atoms with E-state index in [4.69, 9.17) is 4.74 Å². The molecule has 0 aliphatic carbocycles. The summed E-state index contributed by atoms with van der Waals surface area (Å²) in [5.74, 6) is 0. The quantitative estimate of drug-likeness (QED) is 0.784. The Bertz CT molecular complexity index is 421. The van der Waals surface area contributed by atoms with Gasteiger partial charge < -0.3 is 19.9 Å². The van der Waals surface area contributed by atoms with E-state index in [1.54, 1.807) is 0 Å². The molecule has 0 aliphatic heterocycles. The van der Waals surface area contributed by atoms with Crippen LogP contribution in [0.3, 0.4) is 0 Å². The predicted molar refractivity (Wildman–Crippen MR) is 78.6 cm³/mol. The van der Waals surface area contributed by atoms with Crippen LogP contribution in [0.2, 0.25) is 0 Å². The number of alkyl carbamates (subject to hydrolysis) is 1. The largest absolute Gasteiger partial charge is 0.444 e. The number of hydrogen-bond acceptors (Lipinski definition) is 4. The molecule has 0 radical (unpaired) electrons. The minimum absolute atomic E-state index is 0.383. The van der Waals surface area contributed by atoms with E-state index in [2.05, 4.69) is 34.0 Å². The molecule has 20 heavy (non-hydrogen) atoms. The van der Waals surface area contributed by atoms with Gasteiger partial charge in [-0.1, -0.05) is 0 Å². The van der Waals surface area contributed by atoms with Crippen molar-refractivity contribution in [2.24, 2.45) is 0 Å². The third-order valence-corrected chi connectivity index (χ3v) is 2.58. The lowest BCUT2D eigenvalue weighted by atomic mass is 10.2. The molecule has 1 amide bonds. The monoisotopic (exact) mass is 282 g/mol. The van der Waals surface area contributed by atoms with E-state index < -0.39 is 5.60 Å². The maximum atomic E-state index is 11.4. The molecule has 6 heteroatoms. The summed E-state index contributed by atoms with van der Waals surface area (Å²) in [6.45, 7) is 11.7. The highest BCUT2D eigenvalue weighted by Crippen LogP contribution is 2.08. The molecule has 0 bridgehead atoms. The van der Waals surface area contributed by atoms with Gasteiger partial charge >= 0.3 is 6.09 Å². The van der Waals surface area contributed by atoms with Crippen molar-refractivity contribution in [1.29, 1.82) is 0 Å². The summed E-state index contributed by atoms with van der Waals surface area (Å²) in [5, 5.41) is 5.98. The van der Waals surface area contributed by atoms with Gasteiger partial charge in [-0.05, 0) is 34.6 Å². The Balaban J connectivity index is 2.19. The summed E-state index contributed by atoms with van der Waals surface area (Å²) in [5.41, 5.74) is 0.679. The van der Waals surface area contributed by atoms with E-state index in [9.17, 15) is 4.79 Å². The molecule has 1 aromatic heterocycles. The fourth-order valence-corrected chi connectivity index (χ4v) is 1.72. The van der Waals surface area contributed by atoms with Crippen LogP contribution < -0.4 is 10.6 Å². The number of carbonyl (C=O) groups is 1. The van der Waals surface area contributed by atoms with Crippen LogP contribution in [0.5, 0.6) is 0 Å². The first kappa shape index (κ1) is 16.5. The molecule has 0 saturated carbocycles. The average Bonchev–Trinajstić information content (AvgIpc) is 2.74. The number of aromatic nitrogens is 2. The second-order valence-electron chi connectivity index (χ2n) is 5.99. The van der Waals surface area contributed by atoms with Crippen LogP contribution in [-0.2, 0) is 11.3 Å². The van der Waals surface area contributed by atoms with E-state index in [-0.39, 0.29) is 6.09 Å². The topological polar surface area (TPSA) is 68.2 Å². The van der Waals surface area contributed by atoms with Crippen molar-refractivity contribution >= 4 is 6.09 Å². The number of hydrogen-bond donors (Lipinski definition) is 2. The lowest BCUT2D eigenvalue weighted by Gasteiger charge is -2.19. The average molecular weight is 282 g/mol. The summed E-state index contributed by atoms with van der Waals surface area (Å²) < 4.78 is 7.27. The highest BCUT2D eigenvalue weighted by molar-refractivity contribution is 5.67. The van der Waals surface area contributed by atoms with Gasteiger partial charge in [0.05, 0.1) is 12.0 Å². The van der Waals surface area contributed by atoms with Crippen molar-refractivity contribution < 1.29 is 9.53 Å². The predicted octanol–water partition coefficient (Wildman–Crippen LogP) is 2.08. The maximum Gasteiger partial charge on any atom is 0.407 e. The van der Waals surface area contributed by atoms with E-state index >= 15 is 0 Å². The summed E-state index contributed by atoms with van der Waals surface area (Å²) >= 11 is 0. The molecular weight excluding hydrogens is 256 g/mol. The highest BCUT2D eigenvalue weighted by atomic mass is 16.6. The molecule has 0 unspecified atom stereocenters. The van der Waals surface area contributed by atoms with Crippen LogP contribution >= 0.6 is 0 Å². The first-order valence-electron chi connectivity index (χ1n) is 6.98. The molecule has 0 aliphatic rings. The molecule has 0 spiro atoms. The molecule has 1 aromatic rings. The highest BCUT2D eigenvalue weighted by Gasteiger charge is 2.15. The lowest BCUT2D eigenvalue weighted by Crippen LogP contribution is -2.36. The van der Waals surface area contributed by atoms with E-state index in [1.807, 2.05) is 33.3 Å². The van der Waals surface area contributed by atoms with Gasteiger partial charge in [-0.15, -0.1) is 0 Å². The molecule has 0 aromatic carbocycles. The Morgan fingerprint density at radius 1 is 1.40 bits per heavy atom. The van der Waals surface area contributed by atoms with Crippen LogP contribution in [0, 0.1) is 0 Å². The van der Waals surface area contributed by atoms with E-state index in [1.165, 1.54) is 0 Å². The third kappa shape index (κ3) is 6.06. The van der Waals surface area contributed by atoms with E-state index in [0.717, 1.165) is 12.2 Å². The minimum Gasteiger partial charge on any atom is -0.444 e. The van der Waals surface area contributed by atoms with Crippen LogP contribution in [0.15, 0.2) is 12.5 Å². The van der Waals surface area contributed by atoms with Crippen LogP contribution in [0.25, 0.3) is 0 Å². The van der Waals surface area contributed by atoms with Gasteiger partial charge in [0.25, 0.3) is 0 Å². The zero-order valence-electron chi connectivity index (χ0n) is 13.1. The molecule has 114 valence electrons. The van der Waals surface area contributed by atoms with Crippen LogP contribution in [0.4, 0.5) is 4.79 Å². The number of imidazole rings is 1. The SMILES string of the molecule is CC(C)n1cncc1CNCCNC(=O)OC(C)(C)C. The third-order valence-electron chi connectivity index (χ3n) is 2.58. The Hall–Kier alpha value is -1.56. The Morgan fingerprint density at radius 2 is 2.10 bits per heavy atom. The van der Waals surface area contributed by atoms with Crippen LogP contribution in [0.1, 0.15) is 46.4 Å². The molecule has 1 rings (SSSR count). The summed E-state index contributed by atoms with van der Waals surface area (Å²) in [6, 6.07) is 0.397. The smallest absolute Gasteiger partial charge is 0.407 e. The van der Waals surface area contributed by atoms with Crippen molar-refractivity contribution in [3.05, 3.63) is 18.2 Å². The molecule has 0 fully saturated rings. The number of rotatable bonds is 6. The molecule has 1 heterocycles. The number of carbonyl (C=O) groups excluding carboxylic acids is 1. The Morgan fingerprint density at radius 3 is 2.70 bits per heavy atom. The maximum absolute atomic E-state index is 11.4. The summed E-state index contributed by atoms with van der Waals surface area (Å²) in [4.78, 5) is 15.6. The Kier molecular flexibility index (Phi) is 6.01. The first-order chi connectivity index (χ1) is 9.29. The minimum atomic E-state index is -0.457. The number of nitrogens with one attached hydrogen (secondary N) is 2. The fraction of sp³-hybridized carbons (Fsp3) is 0.714. The first-order valence-corrected chi connectivity index (χ1v) is 6.98. The van der Waals surface area contributed by atoms with Gasteiger partial charge in [-0.25, -0.2) is 9.78 Å². The van der Waals surface area contributed by atoms with Crippen LogP contribution in [-0.4, -0.2) is 34.3 Å². The second-order valence-corrected chi connectivity index (χ2v) is 5.99. The van der Waals surface area contributed by atoms with Crippen molar-refractivity contribution in [2.75, 3.05) is 13.1 Å². The number of ether oxygens (including phenoxy) is 1. The van der Waals surface area contributed by atoms with Crippen molar-refractivity contribution in [3.8, 4) is 0 Å². The molecule has 2 N–H and O–H groups in total. The van der Waals surface area contributed by atoms with Gasteiger partial charge in [0.15, 0.2) is 0 Å². The summed E-state index contributed by atoms with van der Waals surface area (Å²) in [7, 11) is 0. The Labute approximate surface area is 120 Å². The molecule has 0 saturated heterocycles. The molecule has 6 nitrogen and oxygen atoms in total. The zero-order chi connectivity index (χ0) is 15.2. The van der Waals surface area contributed by atoms with Gasteiger partial charge in [0.2, 0.25) is 0 Å². The molecule has 0 atom stereocenters. The summed E-state index contributed by atoms with van der Waals surface area (Å²) in [6.07, 6.45) is 3.31. The fourth-order valence-electron chi connectivity index (χ4n) is 1.72. The lowest BCUT2D eigenvalue weighted by molar-refractivity contribution is 0.0528. The normalized spacial score (nSPS) is 11.7. The van der Waals surface area contributed by atoms with Gasteiger partial charge in [0, 0.05) is 31.9 Å². The van der Waals surface area contributed by atoms with Gasteiger partial charge in [-0.3, -0.25) is 0 Å². The zero-order valence-corrected chi connectivity index (χ0v) is 13.1.